The van der Waals surface area contributed by atoms with Crippen molar-refractivity contribution in [2.45, 2.75) is 45.3 Å². The van der Waals surface area contributed by atoms with Crippen LogP contribution in [0.2, 0.25) is 0 Å². The summed E-state index contributed by atoms with van der Waals surface area (Å²) in [5.41, 5.74) is 0. The van der Waals surface area contributed by atoms with Gasteiger partial charge in [-0.3, -0.25) is 0 Å². The summed E-state index contributed by atoms with van der Waals surface area (Å²) in [5.74, 6) is 0.777. The Morgan fingerprint density at radius 1 is 1.47 bits per heavy atom. The number of sulfone groups is 1. The predicted octanol–water partition coefficient (Wildman–Crippen LogP) is 1.21. The van der Waals surface area contributed by atoms with Crippen LogP contribution < -0.4 is 5.32 Å². The lowest BCUT2D eigenvalue weighted by atomic mass is 10.0. The van der Waals surface area contributed by atoms with E-state index in [4.69, 9.17) is 4.74 Å². The number of hydrogen-bond acceptors (Lipinski definition) is 4. The number of rotatable bonds is 7. The molecule has 0 bridgehead atoms. The normalized spacial score (nSPS) is 24.8. The molecule has 3 atom stereocenters. The van der Waals surface area contributed by atoms with Gasteiger partial charge in [0.15, 0.2) is 9.84 Å². The zero-order valence-electron chi connectivity index (χ0n) is 11.1. The number of hydrogen-bond donors (Lipinski definition) is 1. The van der Waals surface area contributed by atoms with Gasteiger partial charge in [-0.1, -0.05) is 20.3 Å². The molecule has 0 radical (unpaired) electrons. The Kier molecular flexibility index (Phi) is 5.89. The largest absolute Gasteiger partial charge is 0.377 e. The molecule has 4 nitrogen and oxygen atoms in total. The maximum atomic E-state index is 12.1. The Labute approximate surface area is 105 Å². The Morgan fingerprint density at radius 2 is 2.18 bits per heavy atom. The summed E-state index contributed by atoms with van der Waals surface area (Å²) < 4.78 is 29.5. The van der Waals surface area contributed by atoms with Gasteiger partial charge < -0.3 is 10.1 Å². The van der Waals surface area contributed by atoms with E-state index in [1.165, 1.54) is 0 Å². The summed E-state index contributed by atoms with van der Waals surface area (Å²) in [6.07, 6.45) is 2.78. The highest BCUT2D eigenvalue weighted by molar-refractivity contribution is 7.91. The van der Waals surface area contributed by atoms with Crippen molar-refractivity contribution in [1.29, 1.82) is 0 Å². The van der Waals surface area contributed by atoms with E-state index in [2.05, 4.69) is 19.2 Å². The molecule has 0 saturated carbocycles. The monoisotopic (exact) mass is 263 g/mol. The van der Waals surface area contributed by atoms with Gasteiger partial charge in [0.1, 0.15) is 0 Å². The molecule has 0 aromatic carbocycles. The lowest BCUT2D eigenvalue weighted by Crippen LogP contribution is -2.40. The van der Waals surface area contributed by atoms with Crippen LogP contribution in [-0.4, -0.2) is 45.7 Å². The molecule has 1 saturated heterocycles. The van der Waals surface area contributed by atoms with Crippen molar-refractivity contribution in [3.05, 3.63) is 0 Å². The van der Waals surface area contributed by atoms with Crippen LogP contribution in [-0.2, 0) is 14.6 Å². The second-order valence-corrected chi connectivity index (χ2v) is 7.15. The zero-order valence-corrected chi connectivity index (χ0v) is 11.9. The molecular weight excluding hydrogens is 238 g/mol. The maximum absolute atomic E-state index is 12.1. The van der Waals surface area contributed by atoms with Crippen LogP contribution in [0, 0.1) is 5.92 Å². The summed E-state index contributed by atoms with van der Waals surface area (Å²) in [6.45, 7) is 4.88. The topological polar surface area (TPSA) is 55.4 Å². The third kappa shape index (κ3) is 4.94. The van der Waals surface area contributed by atoms with Gasteiger partial charge in [-0.05, 0) is 25.8 Å². The Morgan fingerprint density at radius 3 is 2.65 bits per heavy atom. The lowest BCUT2D eigenvalue weighted by molar-refractivity contribution is 0.127. The average Bonchev–Trinajstić information content (AvgIpc) is 2.76. The van der Waals surface area contributed by atoms with Gasteiger partial charge in [0, 0.05) is 12.6 Å². The third-order valence-electron chi connectivity index (χ3n) is 3.60. The SMILES string of the molecule is CCC(C)C(CS(=O)(=O)CC1CCCO1)NC. The van der Waals surface area contributed by atoms with Crippen molar-refractivity contribution in [2.75, 3.05) is 25.2 Å². The Balaban J connectivity index is 2.51. The highest BCUT2D eigenvalue weighted by Crippen LogP contribution is 2.16. The van der Waals surface area contributed by atoms with E-state index >= 15 is 0 Å². The molecule has 5 heteroatoms. The van der Waals surface area contributed by atoms with Crippen molar-refractivity contribution in [3.63, 3.8) is 0 Å². The fraction of sp³-hybridized carbons (Fsp3) is 1.00. The van der Waals surface area contributed by atoms with E-state index in [1.54, 1.807) is 0 Å². The van der Waals surface area contributed by atoms with E-state index < -0.39 is 9.84 Å². The van der Waals surface area contributed by atoms with Crippen molar-refractivity contribution in [2.24, 2.45) is 5.92 Å². The highest BCUT2D eigenvalue weighted by Gasteiger charge is 2.27. The Bertz CT molecular complexity index is 310. The molecule has 1 fully saturated rings. The number of nitrogens with one attached hydrogen (secondary N) is 1. The molecule has 0 amide bonds. The van der Waals surface area contributed by atoms with Crippen molar-refractivity contribution >= 4 is 9.84 Å². The second kappa shape index (κ2) is 6.71. The van der Waals surface area contributed by atoms with Gasteiger partial charge in [-0.25, -0.2) is 8.42 Å². The van der Waals surface area contributed by atoms with Gasteiger partial charge in [0.25, 0.3) is 0 Å². The van der Waals surface area contributed by atoms with E-state index in [9.17, 15) is 8.42 Å². The van der Waals surface area contributed by atoms with Crippen LogP contribution >= 0.6 is 0 Å². The summed E-state index contributed by atoms with van der Waals surface area (Å²) in [5, 5.41) is 3.11. The molecule has 0 aromatic heterocycles. The predicted molar refractivity (Wildman–Crippen MR) is 69.9 cm³/mol. The molecule has 0 aromatic rings. The van der Waals surface area contributed by atoms with Crippen LogP contribution in [0.1, 0.15) is 33.1 Å². The van der Waals surface area contributed by atoms with Gasteiger partial charge in [-0.2, -0.15) is 0 Å². The second-order valence-electron chi connectivity index (χ2n) is 4.99. The standard InChI is InChI=1S/C12H25NO3S/c1-4-10(2)12(13-3)9-17(14,15)8-11-6-5-7-16-11/h10-13H,4-9H2,1-3H3. The van der Waals surface area contributed by atoms with E-state index in [-0.39, 0.29) is 23.7 Å². The maximum Gasteiger partial charge on any atom is 0.154 e. The van der Waals surface area contributed by atoms with Gasteiger partial charge in [0.05, 0.1) is 17.6 Å². The van der Waals surface area contributed by atoms with Gasteiger partial charge >= 0.3 is 0 Å². The first-order valence-corrected chi connectivity index (χ1v) is 8.30. The molecule has 3 unspecified atom stereocenters. The fourth-order valence-corrected chi connectivity index (χ4v) is 4.23. The summed E-state index contributed by atoms with van der Waals surface area (Å²) in [6, 6.07) is 0.0476. The van der Waals surface area contributed by atoms with Crippen LogP contribution in [0.5, 0.6) is 0 Å². The smallest absolute Gasteiger partial charge is 0.154 e. The minimum absolute atomic E-state index is 0.0476. The third-order valence-corrected chi connectivity index (χ3v) is 5.35. The molecule has 17 heavy (non-hydrogen) atoms. The molecule has 1 heterocycles. The van der Waals surface area contributed by atoms with Crippen molar-refractivity contribution < 1.29 is 13.2 Å². The van der Waals surface area contributed by atoms with Gasteiger partial charge in [0.2, 0.25) is 0 Å². The minimum atomic E-state index is -3.02. The van der Waals surface area contributed by atoms with E-state index in [0.717, 1.165) is 19.3 Å². The van der Waals surface area contributed by atoms with Crippen LogP contribution in [0.4, 0.5) is 0 Å². The summed E-state index contributed by atoms with van der Waals surface area (Å²) in [7, 11) is -1.19. The highest BCUT2D eigenvalue weighted by atomic mass is 32.2. The van der Waals surface area contributed by atoms with Crippen LogP contribution in [0.15, 0.2) is 0 Å². The first kappa shape index (κ1) is 14.9. The average molecular weight is 263 g/mol. The molecule has 1 aliphatic rings. The molecule has 0 aliphatic carbocycles. The quantitative estimate of drug-likeness (QED) is 0.750. The molecule has 1 rings (SSSR count). The van der Waals surface area contributed by atoms with E-state index in [0.29, 0.717) is 12.5 Å². The summed E-state index contributed by atoms with van der Waals surface area (Å²) in [4.78, 5) is 0. The van der Waals surface area contributed by atoms with E-state index in [1.807, 2.05) is 7.05 Å². The van der Waals surface area contributed by atoms with Crippen molar-refractivity contribution in [3.8, 4) is 0 Å². The fourth-order valence-electron chi connectivity index (χ4n) is 2.22. The molecular formula is C12H25NO3S. The molecule has 1 aliphatic heterocycles. The summed E-state index contributed by atoms with van der Waals surface area (Å²) >= 11 is 0. The van der Waals surface area contributed by atoms with Crippen LogP contribution in [0.25, 0.3) is 0 Å². The molecule has 0 spiro atoms. The first-order valence-electron chi connectivity index (χ1n) is 6.47. The zero-order chi connectivity index (χ0) is 12.9. The van der Waals surface area contributed by atoms with Gasteiger partial charge in [-0.15, -0.1) is 0 Å². The lowest BCUT2D eigenvalue weighted by Gasteiger charge is -2.23. The minimum Gasteiger partial charge on any atom is -0.377 e. The molecule has 1 N–H and O–H groups in total. The first-order chi connectivity index (χ1) is 7.98. The number of ether oxygens (including phenoxy) is 1. The Hall–Kier alpha value is -0.130. The molecule has 102 valence electrons. The van der Waals surface area contributed by atoms with Crippen LogP contribution in [0.3, 0.4) is 0 Å². The van der Waals surface area contributed by atoms with Crippen molar-refractivity contribution in [1.82, 2.24) is 5.32 Å².